The van der Waals surface area contributed by atoms with Crippen LogP contribution >= 0.6 is 0 Å². The topological polar surface area (TPSA) is 76.1 Å². The van der Waals surface area contributed by atoms with Crippen LogP contribution < -0.4 is 14.4 Å². The van der Waals surface area contributed by atoms with Gasteiger partial charge < -0.3 is 14.6 Å². The fourth-order valence-electron chi connectivity index (χ4n) is 3.83. The molecule has 0 fully saturated rings. The van der Waals surface area contributed by atoms with E-state index in [0.29, 0.717) is 29.4 Å². The third kappa shape index (κ3) is 4.09. The monoisotopic (exact) mass is 437 g/mol. The van der Waals surface area contributed by atoms with Gasteiger partial charge in [-0.3, -0.25) is 14.5 Å². The molecule has 2 aromatic rings. The molecule has 1 heterocycles. The quantitative estimate of drug-likeness (QED) is 0.670. The fourth-order valence-corrected chi connectivity index (χ4v) is 3.83. The Morgan fingerprint density at radius 1 is 1.06 bits per heavy atom. The maximum atomic E-state index is 13.4. The van der Waals surface area contributed by atoms with E-state index in [2.05, 4.69) is 0 Å². The van der Waals surface area contributed by atoms with E-state index in [-0.39, 0.29) is 11.4 Å². The van der Waals surface area contributed by atoms with Crippen LogP contribution in [0, 0.1) is 19.3 Å². The summed E-state index contributed by atoms with van der Waals surface area (Å²) in [5.74, 6) is -0.335. The molecule has 0 spiro atoms. The average molecular weight is 438 g/mol. The second kappa shape index (κ2) is 8.69. The molecule has 1 aliphatic heterocycles. The fraction of sp³-hybridized carbons (Fsp3) is 0.385. The molecule has 1 unspecified atom stereocenters. The summed E-state index contributed by atoms with van der Waals surface area (Å²) >= 11 is 0. The van der Waals surface area contributed by atoms with Gasteiger partial charge in [-0.05, 0) is 61.7 Å². The highest BCUT2D eigenvalue weighted by Gasteiger charge is 2.47. The summed E-state index contributed by atoms with van der Waals surface area (Å²) in [5.41, 5.74) is 2.67. The van der Waals surface area contributed by atoms with Gasteiger partial charge in [0, 0.05) is 11.1 Å². The lowest BCUT2D eigenvalue weighted by Crippen LogP contribution is -2.33. The highest BCUT2D eigenvalue weighted by Crippen LogP contribution is 2.45. The number of amides is 1. The van der Waals surface area contributed by atoms with E-state index in [1.54, 1.807) is 46.1 Å². The van der Waals surface area contributed by atoms with Crippen molar-refractivity contribution >= 4 is 17.4 Å². The van der Waals surface area contributed by atoms with Crippen molar-refractivity contribution in [2.75, 3.05) is 18.6 Å². The van der Waals surface area contributed by atoms with Gasteiger partial charge in [-0.25, -0.2) is 0 Å². The number of Topliss-reactive ketones (excluding diaryl/α,β-unsaturated/α-hetero) is 1. The number of carbonyl (C=O) groups excluding carboxylic acids is 2. The SMILES string of the molecule is CCOc1cc(C2C(C(=O)C(C)(C)C)=C(O)C(=O)N2c2ccc(C)c(C)c2)ccc1OC. The van der Waals surface area contributed by atoms with Gasteiger partial charge in [-0.15, -0.1) is 0 Å². The number of aliphatic hydroxyl groups excluding tert-OH is 1. The van der Waals surface area contributed by atoms with E-state index < -0.39 is 23.1 Å². The average Bonchev–Trinajstić information content (AvgIpc) is 3.00. The van der Waals surface area contributed by atoms with Gasteiger partial charge in [0.1, 0.15) is 0 Å². The number of anilines is 1. The molecule has 1 atom stereocenters. The van der Waals surface area contributed by atoms with Crippen LogP contribution in [-0.4, -0.2) is 30.5 Å². The van der Waals surface area contributed by atoms with Crippen molar-refractivity contribution in [1.29, 1.82) is 0 Å². The molecule has 0 aromatic heterocycles. The minimum atomic E-state index is -0.790. The predicted octanol–water partition coefficient (Wildman–Crippen LogP) is 5.23. The Balaban J connectivity index is 2.25. The van der Waals surface area contributed by atoms with Gasteiger partial charge in [0.05, 0.1) is 25.3 Å². The normalized spacial score (nSPS) is 16.5. The third-order valence-corrected chi connectivity index (χ3v) is 5.71. The van der Waals surface area contributed by atoms with Gasteiger partial charge in [0.2, 0.25) is 0 Å². The summed E-state index contributed by atoms with van der Waals surface area (Å²) in [6, 6.07) is 10.2. The minimum absolute atomic E-state index is 0.0911. The molecule has 170 valence electrons. The molecule has 0 aliphatic carbocycles. The van der Waals surface area contributed by atoms with Crippen molar-refractivity contribution in [3.05, 3.63) is 64.4 Å². The van der Waals surface area contributed by atoms with Gasteiger partial charge in [0.15, 0.2) is 23.0 Å². The molecular formula is C26H31NO5. The Bertz CT molecular complexity index is 1090. The van der Waals surface area contributed by atoms with Gasteiger partial charge in [-0.1, -0.05) is 32.9 Å². The predicted molar refractivity (Wildman–Crippen MR) is 124 cm³/mol. The summed E-state index contributed by atoms with van der Waals surface area (Å²) in [6.07, 6.45) is 0. The first kappa shape index (κ1) is 23.4. The second-order valence-corrected chi connectivity index (χ2v) is 9.03. The second-order valence-electron chi connectivity index (χ2n) is 9.03. The number of nitrogens with zero attached hydrogens (tertiary/aromatic N) is 1. The van der Waals surface area contributed by atoms with Crippen LogP contribution in [0.5, 0.6) is 11.5 Å². The number of rotatable bonds is 6. The van der Waals surface area contributed by atoms with E-state index >= 15 is 0 Å². The number of aliphatic hydroxyl groups is 1. The first-order valence-corrected chi connectivity index (χ1v) is 10.7. The minimum Gasteiger partial charge on any atom is -0.503 e. The number of hydrogen-bond donors (Lipinski definition) is 1. The molecular weight excluding hydrogens is 406 g/mol. The Kier molecular flexibility index (Phi) is 6.35. The van der Waals surface area contributed by atoms with E-state index in [0.717, 1.165) is 11.1 Å². The van der Waals surface area contributed by atoms with Crippen LogP contribution in [0.1, 0.15) is 50.4 Å². The summed E-state index contributed by atoms with van der Waals surface area (Å²) in [6.45, 7) is 11.6. The van der Waals surface area contributed by atoms with Crippen molar-refractivity contribution in [1.82, 2.24) is 0 Å². The molecule has 6 heteroatoms. The van der Waals surface area contributed by atoms with Crippen molar-refractivity contribution < 1.29 is 24.2 Å². The van der Waals surface area contributed by atoms with Crippen LogP contribution in [0.3, 0.4) is 0 Å². The number of carbonyl (C=O) groups is 2. The molecule has 2 aromatic carbocycles. The molecule has 0 saturated carbocycles. The number of benzene rings is 2. The third-order valence-electron chi connectivity index (χ3n) is 5.71. The highest BCUT2D eigenvalue weighted by molar-refractivity contribution is 6.17. The zero-order chi connectivity index (χ0) is 23.8. The summed E-state index contributed by atoms with van der Waals surface area (Å²) in [4.78, 5) is 28.1. The number of aryl methyl sites for hydroxylation is 2. The first-order chi connectivity index (χ1) is 15.0. The lowest BCUT2D eigenvalue weighted by molar-refractivity contribution is -0.123. The van der Waals surface area contributed by atoms with Gasteiger partial charge in [-0.2, -0.15) is 0 Å². The number of methoxy groups -OCH3 is 1. The molecule has 0 radical (unpaired) electrons. The number of ether oxygens (including phenoxy) is 2. The van der Waals surface area contributed by atoms with E-state index in [4.69, 9.17) is 9.47 Å². The largest absolute Gasteiger partial charge is 0.503 e. The molecule has 0 bridgehead atoms. The smallest absolute Gasteiger partial charge is 0.294 e. The maximum absolute atomic E-state index is 13.4. The lowest BCUT2D eigenvalue weighted by atomic mass is 9.82. The Hall–Kier alpha value is -3.28. The molecule has 1 N–H and O–H groups in total. The zero-order valence-electron chi connectivity index (χ0n) is 19.8. The molecule has 6 nitrogen and oxygen atoms in total. The van der Waals surface area contributed by atoms with Crippen LogP contribution in [-0.2, 0) is 9.59 Å². The van der Waals surface area contributed by atoms with E-state index in [1.165, 1.54) is 4.90 Å². The van der Waals surface area contributed by atoms with Crippen LogP contribution in [0.2, 0.25) is 0 Å². The Labute approximate surface area is 189 Å². The van der Waals surface area contributed by atoms with Crippen LogP contribution in [0.4, 0.5) is 5.69 Å². The number of hydrogen-bond acceptors (Lipinski definition) is 5. The Morgan fingerprint density at radius 2 is 1.75 bits per heavy atom. The van der Waals surface area contributed by atoms with E-state index in [1.807, 2.05) is 39.0 Å². The highest BCUT2D eigenvalue weighted by atomic mass is 16.5. The molecule has 3 rings (SSSR count). The van der Waals surface area contributed by atoms with Crippen molar-refractivity contribution in [2.24, 2.45) is 5.41 Å². The lowest BCUT2D eigenvalue weighted by Gasteiger charge is -2.29. The molecule has 0 saturated heterocycles. The molecule has 32 heavy (non-hydrogen) atoms. The van der Waals surface area contributed by atoms with Crippen molar-refractivity contribution in [3.63, 3.8) is 0 Å². The van der Waals surface area contributed by atoms with Crippen molar-refractivity contribution in [3.8, 4) is 11.5 Å². The summed E-state index contributed by atoms with van der Waals surface area (Å²) in [7, 11) is 1.55. The zero-order valence-corrected chi connectivity index (χ0v) is 19.8. The van der Waals surface area contributed by atoms with Gasteiger partial charge >= 0.3 is 0 Å². The molecule has 1 aliphatic rings. The standard InChI is InChI=1S/C26H31NO5/c1-8-32-20-14-17(10-12-19(20)31-7)22-21(24(29)26(4,5)6)23(28)25(30)27(22)18-11-9-15(2)16(3)13-18/h9-14,22,28H,8H2,1-7H3. The van der Waals surface area contributed by atoms with Crippen molar-refractivity contribution in [2.45, 2.75) is 47.6 Å². The number of ketones is 1. The van der Waals surface area contributed by atoms with Crippen LogP contribution in [0.25, 0.3) is 0 Å². The summed E-state index contributed by atoms with van der Waals surface area (Å²) in [5, 5.41) is 10.9. The maximum Gasteiger partial charge on any atom is 0.294 e. The van der Waals surface area contributed by atoms with E-state index in [9.17, 15) is 14.7 Å². The first-order valence-electron chi connectivity index (χ1n) is 10.7. The Morgan fingerprint density at radius 3 is 2.31 bits per heavy atom. The van der Waals surface area contributed by atoms with Crippen LogP contribution in [0.15, 0.2) is 47.7 Å². The molecule has 1 amide bonds. The summed E-state index contributed by atoms with van der Waals surface area (Å²) < 4.78 is 11.1. The van der Waals surface area contributed by atoms with Gasteiger partial charge in [0.25, 0.3) is 5.91 Å².